The molecule has 0 fully saturated rings. The molecule has 0 aliphatic carbocycles. The van der Waals surface area contributed by atoms with Gasteiger partial charge in [-0.2, -0.15) is 0 Å². The molecule has 0 bridgehead atoms. The van der Waals surface area contributed by atoms with Crippen LogP contribution >= 0.6 is 15.9 Å². The number of ether oxygens (including phenoxy) is 1. The van der Waals surface area contributed by atoms with Crippen molar-refractivity contribution >= 4 is 35.8 Å². The van der Waals surface area contributed by atoms with E-state index in [2.05, 4.69) is 45.5 Å². The van der Waals surface area contributed by atoms with Gasteiger partial charge in [0.2, 0.25) is 5.78 Å². The van der Waals surface area contributed by atoms with Crippen molar-refractivity contribution in [2.24, 2.45) is 0 Å². The molecule has 4 rings (SSSR count). The molecule has 4 aromatic rings. The van der Waals surface area contributed by atoms with Gasteiger partial charge in [0.25, 0.3) is 0 Å². The number of halogens is 1. The minimum Gasteiger partial charge on any atom is -0.462 e. The summed E-state index contributed by atoms with van der Waals surface area (Å²) in [6.07, 6.45) is 0. The van der Waals surface area contributed by atoms with Crippen molar-refractivity contribution in [2.45, 2.75) is 38.5 Å². The van der Waals surface area contributed by atoms with Crippen LogP contribution in [-0.4, -0.2) is 36.4 Å². The largest absolute Gasteiger partial charge is 0.462 e. The fourth-order valence-electron chi connectivity index (χ4n) is 4.00. The minimum absolute atomic E-state index is 0.0518. The third-order valence-electron chi connectivity index (χ3n) is 6.13. The number of rotatable bonds is 9. The highest BCUT2D eigenvalue weighted by atomic mass is 79.9. The fraction of sp³-hybridized carbons (Fsp3) is 0.241. The van der Waals surface area contributed by atoms with Gasteiger partial charge in [0, 0.05) is 25.0 Å². The van der Waals surface area contributed by atoms with Gasteiger partial charge in [-0.1, -0.05) is 61.6 Å². The van der Waals surface area contributed by atoms with Crippen molar-refractivity contribution in [3.05, 3.63) is 117 Å². The van der Waals surface area contributed by atoms with E-state index in [0.717, 1.165) is 33.2 Å². The van der Waals surface area contributed by atoms with E-state index < -0.39 is 8.07 Å². The van der Waals surface area contributed by atoms with Crippen molar-refractivity contribution in [1.82, 2.24) is 9.97 Å². The molecule has 7 heteroatoms. The molecule has 186 valence electrons. The number of hydrogen-bond donors (Lipinski definition) is 2. The van der Waals surface area contributed by atoms with Crippen molar-refractivity contribution in [3.8, 4) is 0 Å². The van der Waals surface area contributed by atoms with Crippen LogP contribution in [0.1, 0.15) is 54.8 Å². The first kappa shape index (κ1) is 25.9. The van der Waals surface area contributed by atoms with Crippen LogP contribution in [0.25, 0.3) is 0 Å². The van der Waals surface area contributed by atoms with Crippen LogP contribution in [0.2, 0.25) is 25.7 Å². The van der Waals surface area contributed by atoms with Gasteiger partial charge in [0.05, 0.1) is 28.4 Å². The van der Waals surface area contributed by atoms with Crippen LogP contribution in [0, 0.1) is 6.92 Å². The van der Waals surface area contributed by atoms with E-state index in [-0.39, 0.29) is 17.7 Å². The summed E-state index contributed by atoms with van der Waals surface area (Å²) in [5, 5.41) is 0. The van der Waals surface area contributed by atoms with Crippen LogP contribution in [-0.2, 0) is 4.74 Å². The Labute approximate surface area is 221 Å². The molecular formula is C29H31BrN2O3Si. The molecule has 2 aromatic heterocycles. The molecule has 0 saturated carbocycles. The molecule has 5 nitrogen and oxygen atoms in total. The van der Waals surface area contributed by atoms with Gasteiger partial charge in [-0.15, -0.1) is 0 Å². The van der Waals surface area contributed by atoms with Crippen LogP contribution < -0.4 is 0 Å². The fourth-order valence-corrected chi connectivity index (χ4v) is 5.07. The van der Waals surface area contributed by atoms with E-state index in [0.29, 0.717) is 23.4 Å². The number of benzene rings is 2. The maximum absolute atomic E-state index is 13.0. The summed E-state index contributed by atoms with van der Waals surface area (Å²) in [5.74, 6) is -0.526. The standard InChI is InChI=1S/C29H31BrN2O3Si/c1-19-5-7-21(8-6-19)28(33)25-14-13-23(31-25)27(24-15-16-26(30)32-24)20-9-11-22(12-10-20)29(34)35-17-18-36(2,3)4/h5-16,27,31-32H,17-18H2,1-4H3. The highest BCUT2D eigenvalue weighted by Crippen LogP contribution is 2.32. The van der Waals surface area contributed by atoms with E-state index in [1.54, 1.807) is 12.1 Å². The van der Waals surface area contributed by atoms with Crippen molar-refractivity contribution in [1.29, 1.82) is 0 Å². The molecule has 1 atom stereocenters. The van der Waals surface area contributed by atoms with Crippen molar-refractivity contribution < 1.29 is 14.3 Å². The van der Waals surface area contributed by atoms with Crippen LogP contribution in [0.15, 0.2) is 77.4 Å². The molecular weight excluding hydrogens is 532 g/mol. The van der Waals surface area contributed by atoms with Crippen LogP contribution in [0.3, 0.4) is 0 Å². The molecule has 2 N–H and O–H groups in total. The number of aromatic amines is 2. The predicted octanol–water partition coefficient (Wildman–Crippen LogP) is 7.32. The van der Waals surface area contributed by atoms with E-state index in [9.17, 15) is 9.59 Å². The average Bonchev–Trinajstić information content (AvgIpc) is 3.49. The smallest absolute Gasteiger partial charge is 0.338 e. The monoisotopic (exact) mass is 562 g/mol. The third-order valence-corrected chi connectivity index (χ3v) is 8.29. The molecule has 0 saturated heterocycles. The molecule has 2 aromatic carbocycles. The molecule has 0 aliphatic rings. The summed E-state index contributed by atoms with van der Waals surface area (Å²) >= 11 is 3.50. The van der Waals surface area contributed by atoms with E-state index in [1.807, 2.05) is 67.6 Å². The summed E-state index contributed by atoms with van der Waals surface area (Å²) in [6.45, 7) is 9.23. The first-order valence-electron chi connectivity index (χ1n) is 12.0. The number of hydrogen-bond acceptors (Lipinski definition) is 3. The average molecular weight is 564 g/mol. The maximum atomic E-state index is 13.0. The van der Waals surface area contributed by atoms with E-state index in [1.165, 1.54) is 0 Å². The zero-order valence-electron chi connectivity index (χ0n) is 21.0. The second-order valence-corrected chi connectivity index (χ2v) is 16.8. The maximum Gasteiger partial charge on any atom is 0.338 e. The Balaban J connectivity index is 1.58. The molecule has 36 heavy (non-hydrogen) atoms. The number of aryl methyl sites for hydroxylation is 1. The number of aromatic nitrogens is 2. The topological polar surface area (TPSA) is 75.0 Å². The zero-order valence-corrected chi connectivity index (χ0v) is 23.6. The normalized spacial score (nSPS) is 12.4. The van der Waals surface area contributed by atoms with Gasteiger partial charge in [0.15, 0.2) is 0 Å². The van der Waals surface area contributed by atoms with Crippen LogP contribution in [0.4, 0.5) is 0 Å². The molecule has 1 unspecified atom stereocenters. The Morgan fingerprint density at radius 1 is 0.833 bits per heavy atom. The molecule has 0 amide bonds. The SMILES string of the molecule is Cc1ccc(C(=O)c2ccc(C(c3ccc(C(=O)OCC[Si](C)(C)C)cc3)c3ccc(Br)[nH]3)[nH]2)cc1. The summed E-state index contributed by atoms with van der Waals surface area (Å²) in [4.78, 5) is 32.3. The quantitative estimate of drug-likeness (QED) is 0.127. The molecule has 2 heterocycles. The molecule has 0 spiro atoms. The number of ketones is 1. The highest BCUT2D eigenvalue weighted by Gasteiger charge is 2.22. The van der Waals surface area contributed by atoms with Crippen LogP contribution in [0.5, 0.6) is 0 Å². The highest BCUT2D eigenvalue weighted by molar-refractivity contribution is 9.10. The lowest BCUT2D eigenvalue weighted by Gasteiger charge is -2.17. The first-order chi connectivity index (χ1) is 17.1. The summed E-state index contributed by atoms with van der Waals surface area (Å²) in [7, 11) is -1.26. The van der Waals surface area contributed by atoms with Crippen molar-refractivity contribution in [3.63, 3.8) is 0 Å². The van der Waals surface area contributed by atoms with E-state index >= 15 is 0 Å². The molecule has 0 aliphatic heterocycles. The summed E-state index contributed by atoms with van der Waals surface area (Å²) < 4.78 is 6.36. The number of esters is 1. The Hall–Kier alpha value is -3.16. The molecule has 0 radical (unpaired) electrons. The number of carbonyl (C=O) groups excluding carboxylic acids is 2. The second-order valence-electron chi connectivity index (χ2n) is 10.3. The van der Waals surface area contributed by atoms with E-state index in [4.69, 9.17) is 4.74 Å². The van der Waals surface area contributed by atoms with Gasteiger partial charge in [0.1, 0.15) is 0 Å². The number of carbonyl (C=O) groups is 2. The lowest BCUT2D eigenvalue weighted by Crippen LogP contribution is -2.22. The van der Waals surface area contributed by atoms with Gasteiger partial charge < -0.3 is 14.7 Å². The lowest BCUT2D eigenvalue weighted by molar-refractivity contribution is 0.0525. The summed E-state index contributed by atoms with van der Waals surface area (Å²) in [6, 6.07) is 23.7. The first-order valence-corrected chi connectivity index (χ1v) is 16.5. The van der Waals surface area contributed by atoms with Crippen molar-refractivity contribution in [2.75, 3.05) is 6.61 Å². The van der Waals surface area contributed by atoms with Gasteiger partial charge >= 0.3 is 5.97 Å². The summed E-state index contributed by atoms with van der Waals surface area (Å²) in [5.41, 5.74) is 5.65. The lowest BCUT2D eigenvalue weighted by atomic mass is 9.92. The third kappa shape index (κ3) is 6.33. The predicted molar refractivity (Wildman–Crippen MR) is 150 cm³/mol. The number of nitrogens with one attached hydrogen (secondary N) is 2. The zero-order chi connectivity index (χ0) is 25.9. The van der Waals surface area contributed by atoms with Gasteiger partial charge in [-0.05, 0) is 70.9 Å². The Kier molecular flexibility index (Phi) is 7.81. The Bertz CT molecular complexity index is 1350. The minimum atomic E-state index is -1.26. The second kappa shape index (κ2) is 10.8. The Morgan fingerprint density at radius 3 is 2.06 bits per heavy atom. The number of H-pyrrole nitrogens is 2. The van der Waals surface area contributed by atoms with Gasteiger partial charge in [-0.25, -0.2) is 4.79 Å². The van der Waals surface area contributed by atoms with Gasteiger partial charge in [-0.3, -0.25) is 4.79 Å². The Morgan fingerprint density at radius 2 is 1.44 bits per heavy atom.